The fourth-order valence-corrected chi connectivity index (χ4v) is 4.81. The Bertz CT molecular complexity index is 418. The van der Waals surface area contributed by atoms with Gasteiger partial charge in [-0.2, -0.15) is 0 Å². The normalized spacial score (nSPS) is 29.4. The Morgan fingerprint density at radius 3 is 2.47 bits per heavy atom. The van der Waals surface area contributed by atoms with Crippen LogP contribution in [0, 0.1) is 0 Å². The van der Waals surface area contributed by atoms with E-state index in [1.807, 2.05) is 7.05 Å². The summed E-state index contributed by atoms with van der Waals surface area (Å²) in [7, 11) is 1.25. The van der Waals surface area contributed by atoms with Crippen LogP contribution >= 0.6 is 0 Å². The molecule has 0 amide bonds. The largest absolute Gasteiger partial charge is 0.316 e. The molecule has 0 radical (unpaired) electrons. The molecule has 0 aromatic heterocycles. The Kier molecular flexibility index (Phi) is 5.17. The first-order chi connectivity index (χ1) is 9.13. The van der Waals surface area contributed by atoms with Gasteiger partial charge in [0.2, 0.25) is 0 Å². The molecule has 0 saturated heterocycles. The summed E-state index contributed by atoms with van der Waals surface area (Å²) < 4.78 is 12.5. The fourth-order valence-electron chi connectivity index (χ4n) is 3.09. The van der Waals surface area contributed by atoms with E-state index in [1.165, 1.54) is 12.0 Å². The first kappa shape index (κ1) is 14.7. The minimum absolute atomic E-state index is 0.246. The zero-order valence-electron chi connectivity index (χ0n) is 12.1. The summed E-state index contributed by atoms with van der Waals surface area (Å²) in [4.78, 5) is 0. The van der Waals surface area contributed by atoms with Crippen LogP contribution in [0.5, 0.6) is 0 Å². The molecule has 1 aromatic rings. The Hall–Kier alpha value is -0.670. The highest BCUT2D eigenvalue weighted by Crippen LogP contribution is 2.35. The van der Waals surface area contributed by atoms with Crippen molar-refractivity contribution in [1.29, 1.82) is 0 Å². The van der Waals surface area contributed by atoms with Crippen molar-refractivity contribution in [2.24, 2.45) is 0 Å². The van der Waals surface area contributed by atoms with Gasteiger partial charge in [0, 0.05) is 22.1 Å². The number of hydrogen-bond donors (Lipinski definition) is 1. The summed E-state index contributed by atoms with van der Waals surface area (Å²) in [5.74, 6) is 0.568. The molecule has 0 spiro atoms. The van der Waals surface area contributed by atoms with Crippen LogP contribution in [-0.2, 0) is 10.8 Å². The predicted octanol–water partition coefficient (Wildman–Crippen LogP) is 3.07. The molecule has 0 heterocycles. The Labute approximate surface area is 119 Å². The van der Waals surface area contributed by atoms with Crippen molar-refractivity contribution < 1.29 is 4.21 Å². The molecule has 19 heavy (non-hydrogen) atoms. The van der Waals surface area contributed by atoms with E-state index in [4.69, 9.17) is 0 Å². The van der Waals surface area contributed by atoms with Gasteiger partial charge in [-0.1, -0.05) is 44.2 Å². The second-order valence-electron chi connectivity index (χ2n) is 5.73. The molecular weight excluding hydrogens is 254 g/mol. The second kappa shape index (κ2) is 6.67. The molecule has 3 heteroatoms. The van der Waals surface area contributed by atoms with E-state index in [2.05, 4.69) is 49.5 Å². The van der Waals surface area contributed by atoms with Gasteiger partial charge in [0.25, 0.3) is 0 Å². The fraction of sp³-hybridized carbons (Fsp3) is 0.625. The molecule has 4 atom stereocenters. The molecule has 1 aliphatic rings. The average Bonchev–Trinajstić information content (AvgIpc) is 2.46. The van der Waals surface area contributed by atoms with Gasteiger partial charge in [-0.25, -0.2) is 0 Å². The minimum atomic E-state index is -0.745. The van der Waals surface area contributed by atoms with Crippen LogP contribution in [0.1, 0.15) is 44.6 Å². The van der Waals surface area contributed by atoms with Crippen molar-refractivity contribution in [3.05, 3.63) is 35.9 Å². The molecule has 4 unspecified atom stereocenters. The van der Waals surface area contributed by atoms with Crippen molar-refractivity contribution in [3.8, 4) is 0 Å². The van der Waals surface area contributed by atoms with E-state index in [1.54, 1.807) is 0 Å². The highest BCUT2D eigenvalue weighted by atomic mass is 32.2. The lowest BCUT2D eigenvalue weighted by Gasteiger charge is -2.36. The van der Waals surface area contributed by atoms with Crippen LogP contribution < -0.4 is 5.32 Å². The van der Waals surface area contributed by atoms with Crippen molar-refractivity contribution in [1.82, 2.24) is 5.32 Å². The van der Waals surface area contributed by atoms with Crippen molar-refractivity contribution in [2.75, 3.05) is 7.05 Å². The third-order valence-corrected chi connectivity index (χ3v) is 6.24. The Balaban J connectivity index is 2.14. The first-order valence-electron chi connectivity index (χ1n) is 7.25. The topological polar surface area (TPSA) is 29.1 Å². The third kappa shape index (κ3) is 3.46. The zero-order valence-corrected chi connectivity index (χ0v) is 13.0. The summed E-state index contributed by atoms with van der Waals surface area (Å²) in [6.07, 6.45) is 3.36. The molecular formula is C16H25NOS. The van der Waals surface area contributed by atoms with Gasteiger partial charge < -0.3 is 5.32 Å². The highest BCUT2D eigenvalue weighted by Gasteiger charge is 2.34. The maximum absolute atomic E-state index is 12.5. The highest BCUT2D eigenvalue weighted by molar-refractivity contribution is 7.86. The van der Waals surface area contributed by atoms with Crippen molar-refractivity contribution in [3.63, 3.8) is 0 Å². The third-order valence-electron chi connectivity index (χ3n) is 4.20. The molecule has 1 N–H and O–H groups in total. The molecule has 1 fully saturated rings. The monoisotopic (exact) mass is 279 g/mol. The van der Waals surface area contributed by atoms with E-state index >= 15 is 0 Å². The van der Waals surface area contributed by atoms with Crippen LogP contribution in [-0.4, -0.2) is 27.8 Å². The van der Waals surface area contributed by atoms with Crippen LogP contribution in [0.15, 0.2) is 30.3 Å². The summed E-state index contributed by atoms with van der Waals surface area (Å²) in [5.41, 5.74) is 1.41. The predicted molar refractivity (Wildman–Crippen MR) is 82.9 cm³/mol. The molecule has 1 aliphatic carbocycles. The van der Waals surface area contributed by atoms with E-state index in [-0.39, 0.29) is 10.5 Å². The van der Waals surface area contributed by atoms with Crippen LogP contribution in [0.4, 0.5) is 0 Å². The maximum Gasteiger partial charge on any atom is 0.0509 e. The number of benzene rings is 1. The summed E-state index contributed by atoms with van der Waals surface area (Å²) >= 11 is 0. The zero-order chi connectivity index (χ0) is 13.8. The van der Waals surface area contributed by atoms with Crippen LogP contribution in [0.3, 0.4) is 0 Å². The lowest BCUT2D eigenvalue weighted by Crippen LogP contribution is -2.46. The SMILES string of the molecule is CNC1CCC(c2ccccc2)CC1S(=O)C(C)C. The lowest BCUT2D eigenvalue weighted by atomic mass is 9.81. The van der Waals surface area contributed by atoms with Crippen molar-refractivity contribution in [2.45, 2.75) is 55.6 Å². The quantitative estimate of drug-likeness (QED) is 0.918. The van der Waals surface area contributed by atoms with Gasteiger partial charge in [0.15, 0.2) is 0 Å². The lowest BCUT2D eigenvalue weighted by molar-refractivity contribution is 0.363. The Morgan fingerprint density at radius 2 is 1.89 bits per heavy atom. The molecule has 1 aromatic carbocycles. The molecule has 1 saturated carbocycles. The summed E-state index contributed by atoms with van der Waals surface area (Å²) in [6.45, 7) is 4.13. The first-order valence-corrected chi connectivity index (χ1v) is 8.52. The second-order valence-corrected chi connectivity index (χ2v) is 7.94. The molecule has 0 bridgehead atoms. The molecule has 2 rings (SSSR count). The number of hydrogen-bond acceptors (Lipinski definition) is 2. The van der Waals surface area contributed by atoms with Crippen LogP contribution in [0.2, 0.25) is 0 Å². The van der Waals surface area contributed by atoms with Gasteiger partial charge in [0.05, 0.1) is 5.25 Å². The standard InChI is InChI=1S/C16H25NOS/c1-12(2)19(18)16-11-14(9-10-15(16)17-3)13-7-5-4-6-8-13/h4-8,12,14-17H,9-11H2,1-3H3. The minimum Gasteiger partial charge on any atom is -0.316 e. The van der Waals surface area contributed by atoms with Crippen LogP contribution in [0.25, 0.3) is 0 Å². The van der Waals surface area contributed by atoms with Gasteiger partial charge in [-0.3, -0.25) is 4.21 Å². The van der Waals surface area contributed by atoms with E-state index < -0.39 is 10.8 Å². The Morgan fingerprint density at radius 1 is 1.21 bits per heavy atom. The van der Waals surface area contributed by atoms with Gasteiger partial charge in [-0.05, 0) is 37.8 Å². The smallest absolute Gasteiger partial charge is 0.0509 e. The van der Waals surface area contributed by atoms with Crippen molar-refractivity contribution >= 4 is 10.8 Å². The maximum atomic E-state index is 12.5. The average molecular weight is 279 g/mol. The van der Waals surface area contributed by atoms with E-state index in [9.17, 15) is 4.21 Å². The van der Waals surface area contributed by atoms with E-state index in [0.717, 1.165) is 12.8 Å². The van der Waals surface area contributed by atoms with E-state index in [0.29, 0.717) is 12.0 Å². The summed E-state index contributed by atoms with van der Waals surface area (Å²) in [5, 5.41) is 3.90. The molecule has 2 nitrogen and oxygen atoms in total. The molecule has 0 aliphatic heterocycles. The number of nitrogens with one attached hydrogen (secondary N) is 1. The summed E-state index contributed by atoms with van der Waals surface area (Å²) in [6, 6.07) is 11.1. The van der Waals surface area contributed by atoms with Gasteiger partial charge in [0.1, 0.15) is 0 Å². The van der Waals surface area contributed by atoms with Gasteiger partial charge >= 0.3 is 0 Å². The van der Waals surface area contributed by atoms with Gasteiger partial charge in [-0.15, -0.1) is 0 Å². The number of rotatable bonds is 4. The molecule has 106 valence electrons.